The van der Waals surface area contributed by atoms with E-state index < -0.39 is 40.0 Å². The van der Waals surface area contributed by atoms with Gasteiger partial charge in [-0.1, -0.05) is 172 Å². The zero-order chi connectivity index (χ0) is 37.0. The van der Waals surface area contributed by atoms with Crippen LogP contribution in [0.1, 0.15) is 187 Å². The normalized spacial score (nSPS) is 14.4. The van der Waals surface area contributed by atoms with E-state index in [1.165, 1.54) is 102 Å². The van der Waals surface area contributed by atoms with E-state index in [4.69, 9.17) is 0 Å². The first-order valence-corrected chi connectivity index (χ1v) is 22.1. The highest BCUT2D eigenvalue weighted by Crippen LogP contribution is 2.13. The van der Waals surface area contributed by atoms with E-state index in [-0.39, 0.29) is 6.42 Å². The van der Waals surface area contributed by atoms with Crippen LogP contribution in [0.2, 0.25) is 0 Å². The van der Waals surface area contributed by atoms with Crippen LogP contribution in [0.3, 0.4) is 0 Å². The van der Waals surface area contributed by atoms with E-state index in [0.29, 0.717) is 12.8 Å². The van der Waals surface area contributed by atoms with Crippen LogP contribution >= 0.6 is 0 Å². The highest BCUT2D eigenvalue weighted by atomic mass is 32.2. The summed E-state index contributed by atoms with van der Waals surface area (Å²) in [6, 6.07) is -1.25. The molecule has 3 unspecified atom stereocenters. The van der Waals surface area contributed by atoms with Crippen LogP contribution in [0, 0.1) is 0 Å². The number of aliphatic hydroxyl groups excluding tert-OH is 2. The van der Waals surface area contributed by atoms with Crippen molar-refractivity contribution in [1.82, 2.24) is 5.32 Å². The summed E-state index contributed by atoms with van der Waals surface area (Å²) in [5, 5.41) is 23.4. The smallest absolute Gasteiger partial charge is 0.267 e. The van der Waals surface area contributed by atoms with Gasteiger partial charge >= 0.3 is 0 Å². The molecular weight excluding hydrogens is 647 g/mol. The highest BCUT2D eigenvalue weighted by Gasteiger charge is 2.27. The molecule has 0 saturated heterocycles. The lowest BCUT2D eigenvalue weighted by Crippen LogP contribution is -2.50. The van der Waals surface area contributed by atoms with Crippen LogP contribution in [-0.2, 0) is 14.9 Å². The van der Waals surface area contributed by atoms with Gasteiger partial charge in [0.15, 0.2) is 0 Å². The Labute approximate surface area is 308 Å². The number of carbonyl (C=O) groups is 1. The first-order valence-electron chi connectivity index (χ1n) is 20.4. The van der Waals surface area contributed by atoms with Crippen LogP contribution < -0.4 is 5.32 Å². The lowest BCUT2D eigenvalue weighted by Gasteiger charge is -2.22. The minimum atomic E-state index is -4.45. The molecule has 0 aromatic heterocycles. The second-order valence-electron chi connectivity index (χ2n) is 14.0. The SMILES string of the molecule is CCCCC/C=C\C/C=C\CCCCCCCCC(O)C(=O)NC(CS(=O)(=O)O)C(O)/C=C/CC/C=C/CCCCCCCCCCCCC. The maximum absolute atomic E-state index is 12.6. The summed E-state index contributed by atoms with van der Waals surface area (Å²) in [4.78, 5) is 12.6. The number of unbranched alkanes of at least 4 members (excludes halogenated alkanes) is 21. The summed E-state index contributed by atoms with van der Waals surface area (Å²) < 4.78 is 32.5. The van der Waals surface area contributed by atoms with Gasteiger partial charge in [-0.25, -0.2) is 0 Å². The molecule has 0 aliphatic carbocycles. The molecule has 0 saturated carbocycles. The largest absolute Gasteiger partial charge is 0.387 e. The van der Waals surface area contributed by atoms with Gasteiger partial charge in [-0.15, -0.1) is 0 Å². The Bertz CT molecular complexity index is 990. The van der Waals surface area contributed by atoms with Crippen LogP contribution in [0.15, 0.2) is 48.6 Å². The molecule has 0 bridgehead atoms. The van der Waals surface area contributed by atoms with E-state index in [1.807, 2.05) is 0 Å². The zero-order valence-corrected chi connectivity index (χ0v) is 32.9. The van der Waals surface area contributed by atoms with E-state index in [9.17, 15) is 28.0 Å². The fourth-order valence-corrected chi connectivity index (χ4v) is 6.65. The minimum absolute atomic E-state index is 0.261. The molecular formula is C42H77NO6S. The lowest BCUT2D eigenvalue weighted by molar-refractivity contribution is -0.130. The Morgan fingerprint density at radius 2 is 0.960 bits per heavy atom. The number of aliphatic hydroxyl groups is 2. The standard InChI is InChI=1S/C42H77NO6S/c1-3-5-7-9-11-13-15-17-19-21-23-24-26-28-30-32-34-36-40(44)39(38-50(47,48)49)43-42(46)41(45)37-35-33-31-29-27-25-22-20-18-16-14-12-10-8-6-4-2/h12,14,18,20,26,28,34,36,39-41,44-45H,3-11,13,15-17,19,21-25,27,29-33,35,37-38H2,1-2H3,(H,43,46)(H,47,48,49)/b14-12-,20-18-,28-26+,36-34+. The summed E-state index contributed by atoms with van der Waals surface area (Å²) in [6.07, 6.45) is 44.5. The monoisotopic (exact) mass is 724 g/mol. The second-order valence-corrected chi connectivity index (χ2v) is 15.5. The molecule has 3 atom stereocenters. The fourth-order valence-electron chi connectivity index (χ4n) is 5.91. The Morgan fingerprint density at radius 3 is 1.48 bits per heavy atom. The van der Waals surface area contributed by atoms with Crippen molar-refractivity contribution in [2.45, 2.75) is 205 Å². The molecule has 0 radical (unpaired) electrons. The molecule has 0 aromatic rings. The lowest BCUT2D eigenvalue weighted by atomic mass is 10.0. The van der Waals surface area contributed by atoms with Crippen molar-refractivity contribution in [1.29, 1.82) is 0 Å². The van der Waals surface area contributed by atoms with Crippen molar-refractivity contribution in [2.24, 2.45) is 0 Å². The quantitative estimate of drug-likeness (QED) is 0.0290. The molecule has 7 nitrogen and oxygen atoms in total. The van der Waals surface area contributed by atoms with Gasteiger partial charge in [0.1, 0.15) is 6.10 Å². The highest BCUT2D eigenvalue weighted by molar-refractivity contribution is 7.85. The number of rotatable bonds is 36. The van der Waals surface area contributed by atoms with Crippen molar-refractivity contribution in [3.8, 4) is 0 Å². The molecule has 8 heteroatoms. The van der Waals surface area contributed by atoms with Crippen molar-refractivity contribution < 1.29 is 28.0 Å². The zero-order valence-electron chi connectivity index (χ0n) is 32.1. The van der Waals surface area contributed by atoms with Crippen LogP contribution in [0.4, 0.5) is 0 Å². The van der Waals surface area contributed by atoms with Gasteiger partial charge < -0.3 is 15.5 Å². The number of carbonyl (C=O) groups excluding carboxylic acids is 1. The van der Waals surface area contributed by atoms with Gasteiger partial charge in [0.25, 0.3) is 10.1 Å². The van der Waals surface area contributed by atoms with E-state index in [0.717, 1.165) is 57.8 Å². The third-order valence-corrected chi connectivity index (χ3v) is 9.87. The van der Waals surface area contributed by atoms with Crippen LogP contribution in [0.25, 0.3) is 0 Å². The van der Waals surface area contributed by atoms with Crippen LogP contribution in [-0.4, -0.2) is 53.1 Å². The molecule has 292 valence electrons. The van der Waals surface area contributed by atoms with Gasteiger partial charge in [0, 0.05) is 0 Å². The molecule has 0 rings (SSSR count). The van der Waals surface area contributed by atoms with Gasteiger partial charge in [0.05, 0.1) is 17.9 Å². The van der Waals surface area contributed by atoms with Gasteiger partial charge in [-0.3, -0.25) is 9.35 Å². The number of allylic oxidation sites excluding steroid dienone is 7. The number of nitrogens with one attached hydrogen (secondary N) is 1. The van der Waals surface area contributed by atoms with Gasteiger partial charge in [-0.05, 0) is 64.2 Å². The number of hydrogen-bond acceptors (Lipinski definition) is 5. The first kappa shape index (κ1) is 48.3. The Hall–Kier alpha value is -1.74. The predicted molar refractivity (Wildman–Crippen MR) is 213 cm³/mol. The maximum atomic E-state index is 12.6. The molecule has 50 heavy (non-hydrogen) atoms. The molecule has 0 fully saturated rings. The summed E-state index contributed by atoms with van der Waals surface area (Å²) in [5.74, 6) is -1.57. The summed E-state index contributed by atoms with van der Waals surface area (Å²) in [5.41, 5.74) is 0. The third-order valence-electron chi connectivity index (χ3n) is 9.09. The number of hydrogen-bond donors (Lipinski definition) is 4. The Morgan fingerprint density at radius 1 is 0.560 bits per heavy atom. The van der Waals surface area contributed by atoms with Gasteiger partial charge in [0.2, 0.25) is 5.91 Å². The molecule has 0 aromatic carbocycles. The van der Waals surface area contributed by atoms with Gasteiger partial charge in [-0.2, -0.15) is 8.42 Å². The van der Waals surface area contributed by atoms with E-state index >= 15 is 0 Å². The predicted octanol–water partition coefficient (Wildman–Crippen LogP) is 10.9. The van der Waals surface area contributed by atoms with E-state index in [1.54, 1.807) is 6.08 Å². The summed E-state index contributed by atoms with van der Waals surface area (Å²) >= 11 is 0. The Kier molecular flexibility index (Phi) is 34.4. The molecule has 0 spiro atoms. The molecule has 1 amide bonds. The topological polar surface area (TPSA) is 124 Å². The van der Waals surface area contributed by atoms with Crippen molar-refractivity contribution >= 4 is 16.0 Å². The average Bonchev–Trinajstić information content (AvgIpc) is 3.08. The maximum Gasteiger partial charge on any atom is 0.267 e. The van der Waals surface area contributed by atoms with Crippen LogP contribution in [0.5, 0.6) is 0 Å². The Balaban J connectivity index is 4.13. The second kappa shape index (κ2) is 35.7. The summed E-state index contributed by atoms with van der Waals surface area (Å²) in [6.45, 7) is 4.48. The molecule has 4 N–H and O–H groups in total. The number of amides is 1. The first-order chi connectivity index (χ1) is 24.2. The molecule has 0 aliphatic heterocycles. The minimum Gasteiger partial charge on any atom is -0.387 e. The van der Waals surface area contributed by atoms with E-state index in [2.05, 4.69) is 55.6 Å². The van der Waals surface area contributed by atoms with Crippen molar-refractivity contribution in [3.05, 3.63) is 48.6 Å². The van der Waals surface area contributed by atoms with Crippen molar-refractivity contribution in [2.75, 3.05) is 5.75 Å². The molecule has 0 aliphatic rings. The molecule has 0 heterocycles. The third kappa shape index (κ3) is 34.7. The fraction of sp³-hybridized carbons (Fsp3) is 0.786. The summed E-state index contributed by atoms with van der Waals surface area (Å²) in [7, 11) is -4.45. The van der Waals surface area contributed by atoms with Crippen molar-refractivity contribution in [3.63, 3.8) is 0 Å². The average molecular weight is 724 g/mol.